The van der Waals surface area contributed by atoms with E-state index in [0.717, 1.165) is 24.8 Å². The first-order chi connectivity index (χ1) is 15.2. The van der Waals surface area contributed by atoms with Crippen LogP contribution in [0.25, 0.3) is 0 Å². The molecule has 5 rings (SSSR count). The molecule has 0 fully saturated rings. The number of methoxy groups -OCH3 is 1. The average molecular weight is 453 g/mol. The summed E-state index contributed by atoms with van der Waals surface area (Å²) in [5, 5.41) is 4.76. The smallest absolute Gasteiger partial charge is 0.350 e. The maximum absolute atomic E-state index is 13.4. The van der Waals surface area contributed by atoms with E-state index >= 15 is 0 Å². The van der Waals surface area contributed by atoms with Crippen LogP contribution < -0.4 is 5.32 Å². The molecule has 1 N–H and O–H groups in total. The Morgan fingerprint density at radius 3 is 2.68 bits per heavy atom. The van der Waals surface area contributed by atoms with Crippen LogP contribution in [0.2, 0.25) is 0 Å². The van der Waals surface area contributed by atoms with Crippen molar-refractivity contribution in [2.24, 2.45) is 0 Å². The van der Waals surface area contributed by atoms with E-state index in [-0.39, 0.29) is 12.1 Å². The van der Waals surface area contributed by atoms with Gasteiger partial charge in [0.15, 0.2) is 0 Å². The number of nitrogens with one attached hydrogen (secondary N) is 1. The van der Waals surface area contributed by atoms with Crippen LogP contribution in [0, 0.1) is 0 Å². The third-order valence-corrected chi connectivity index (χ3v) is 8.41. The molecule has 0 spiro atoms. The van der Waals surface area contributed by atoms with Crippen molar-refractivity contribution in [1.82, 2.24) is 4.90 Å². The van der Waals surface area contributed by atoms with Crippen LogP contribution in [0.4, 0.5) is 10.5 Å². The number of ether oxygens (including phenoxy) is 1. The number of aryl methyl sites for hydroxylation is 1. The lowest BCUT2D eigenvalue weighted by Crippen LogP contribution is -2.42. The van der Waals surface area contributed by atoms with Gasteiger partial charge in [-0.1, -0.05) is 30.3 Å². The summed E-state index contributed by atoms with van der Waals surface area (Å²) in [4.78, 5) is 30.6. The number of hydrogen-bond acceptors (Lipinski definition) is 5. The van der Waals surface area contributed by atoms with Crippen molar-refractivity contribution in [2.75, 3.05) is 19.0 Å². The zero-order valence-corrected chi connectivity index (χ0v) is 19.0. The van der Waals surface area contributed by atoms with Gasteiger partial charge in [0.2, 0.25) is 0 Å². The van der Waals surface area contributed by atoms with Gasteiger partial charge in [-0.15, -0.1) is 22.7 Å². The lowest BCUT2D eigenvalue weighted by atomic mass is 9.88. The van der Waals surface area contributed by atoms with Gasteiger partial charge < -0.3 is 15.0 Å². The molecular formula is C24H24N2O3S2. The number of urea groups is 1. The number of carbonyl (C=O) groups excluding carboxylic acids is 2. The number of benzene rings is 1. The van der Waals surface area contributed by atoms with Gasteiger partial charge in [-0.3, -0.25) is 0 Å². The van der Waals surface area contributed by atoms with Gasteiger partial charge in [0.25, 0.3) is 0 Å². The molecule has 31 heavy (non-hydrogen) atoms. The van der Waals surface area contributed by atoms with Gasteiger partial charge in [0.05, 0.1) is 18.8 Å². The molecule has 2 aromatic heterocycles. The molecule has 0 saturated carbocycles. The number of fused-ring (bicyclic) bond motifs is 3. The summed E-state index contributed by atoms with van der Waals surface area (Å²) in [7, 11) is 1.35. The molecule has 160 valence electrons. The monoisotopic (exact) mass is 452 g/mol. The van der Waals surface area contributed by atoms with Gasteiger partial charge >= 0.3 is 12.0 Å². The van der Waals surface area contributed by atoms with Gasteiger partial charge in [0, 0.05) is 16.3 Å². The Hall–Kier alpha value is -2.64. The second-order valence-electron chi connectivity index (χ2n) is 7.90. The highest BCUT2D eigenvalue weighted by Crippen LogP contribution is 2.45. The van der Waals surface area contributed by atoms with E-state index in [9.17, 15) is 9.59 Å². The zero-order valence-electron chi connectivity index (χ0n) is 17.3. The predicted octanol–water partition coefficient (Wildman–Crippen LogP) is 5.65. The highest BCUT2D eigenvalue weighted by atomic mass is 32.1. The zero-order chi connectivity index (χ0) is 21.4. The molecule has 0 saturated heterocycles. The number of rotatable bonds is 3. The second kappa shape index (κ2) is 8.48. The summed E-state index contributed by atoms with van der Waals surface area (Å²) in [5.74, 6) is -0.434. The lowest BCUT2D eigenvalue weighted by Gasteiger charge is -2.36. The summed E-state index contributed by atoms with van der Waals surface area (Å²) >= 11 is 3.16. The molecule has 1 atom stereocenters. The topological polar surface area (TPSA) is 58.6 Å². The quantitative estimate of drug-likeness (QED) is 0.522. The molecule has 5 nitrogen and oxygen atoms in total. The van der Waals surface area contributed by atoms with Crippen molar-refractivity contribution in [1.29, 1.82) is 0 Å². The highest BCUT2D eigenvalue weighted by Gasteiger charge is 2.36. The molecule has 1 aliphatic heterocycles. The second-order valence-corrected chi connectivity index (χ2v) is 9.95. The molecular weight excluding hydrogens is 428 g/mol. The van der Waals surface area contributed by atoms with Crippen molar-refractivity contribution >= 4 is 40.4 Å². The van der Waals surface area contributed by atoms with Crippen LogP contribution in [-0.2, 0) is 24.0 Å². The minimum atomic E-state index is -0.434. The Bertz CT molecular complexity index is 1120. The maximum Gasteiger partial charge on any atom is 0.350 e. The minimum Gasteiger partial charge on any atom is -0.465 e. The first kappa shape index (κ1) is 20.3. The fraction of sp³-hybridized carbons (Fsp3) is 0.333. The number of carbonyl (C=O) groups is 2. The molecule has 3 aromatic rings. The van der Waals surface area contributed by atoms with Gasteiger partial charge in [-0.05, 0) is 60.2 Å². The maximum atomic E-state index is 13.4. The van der Waals surface area contributed by atoms with Crippen LogP contribution in [-0.4, -0.2) is 30.6 Å². The fourth-order valence-electron chi connectivity index (χ4n) is 4.68. The largest absolute Gasteiger partial charge is 0.465 e. The molecule has 0 radical (unpaired) electrons. The summed E-state index contributed by atoms with van der Waals surface area (Å²) in [6.07, 6.45) is 5.70. The van der Waals surface area contributed by atoms with Crippen LogP contribution in [0.3, 0.4) is 0 Å². The Morgan fingerprint density at radius 1 is 1.06 bits per heavy atom. The van der Waals surface area contributed by atoms with E-state index < -0.39 is 5.97 Å². The van der Waals surface area contributed by atoms with Crippen LogP contribution in [0.1, 0.15) is 55.0 Å². The Labute approximate surface area is 189 Å². The third kappa shape index (κ3) is 3.66. The van der Waals surface area contributed by atoms with E-state index in [2.05, 4.69) is 17.4 Å². The fourth-order valence-corrected chi connectivity index (χ4v) is 7.03. The van der Waals surface area contributed by atoms with Crippen LogP contribution in [0.5, 0.6) is 0 Å². The summed E-state index contributed by atoms with van der Waals surface area (Å²) < 4.78 is 4.85. The summed E-state index contributed by atoms with van der Waals surface area (Å²) in [5.41, 5.74) is 4.63. The number of esters is 1. The van der Waals surface area contributed by atoms with Crippen LogP contribution >= 0.6 is 22.7 Å². The van der Waals surface area contributed by atoms with E-state index in [4.69, 9.17) is 4.74 Å². The van der Waals surface area contributed by atoms with E-state index in [0.29, 0.717) is 17.1 Å². The van der Waals surface area contributed by atoms with E-state index in [1.165, 1.54) is 52.2 Å². The number of hydrogen-bond donors (Lipinski definition) is 1. The molecule has 2 amide bonds. The number of amides is 2. The number of thiophene rings is 2. The molecule has 0 unspecified atom stereocenters. The van der Waals surface area contributed by atoms with Gasteiger partial charge in [0.1, 0.15) is 4.88 Å². The van der Waals surface area contributed by atoms with E-state index in [1.807, 2.05) is 34.4 Å². The SMILES string of the molecule is COC(=O)c1sccc1NC(=O)N1CCc2c(sc3c2CCCC3)[C@@H]1c1ccccc1. The normalized spacial score (nSPS) is 17.6. The first-order valence-corrected chi connectivity index (χ1v) is 12.3. The predicted molar refractivity (Wildman–Crippen MR) is 124 cm³/mol. The van der Waals surface area contributed by atoms with Crippen molar-refractivity contribution in [3.63, 3.8) is 0 Å². The molecule has 3 heterocycles. The Kier molecular flexibility index (Phi) is 5.54. The summed E-state index contributed by atoms with van der Waals surface area (Å²) in [6, 6.07) is 11.7. The molecule has 1 aromatic carbocycles. The first-order valence-electron chi connectivity index (χ1n) is 10.6. The van der Waals surface area contributed by atoms with Crippen molar-refractivity contribution in [2.45, 2.75) is 38.1 Å². The van der Waals surface area contributed by atoms with Gasteiger partial charge in [-0.2, -0.15) is 0 Å². The molecule has 7 heteroatoms. The average Bonchev–Trinajstić information content (AvgIpc) is 3.42. The molecule has 0 bridgehead atoms. The molecule has 1 aliphatic carbocycles. The van der Waals surface area contributed by atoms with Crippen LogP contribution in [0.15, 0.2) is 41.8 Å². The number of nitrogens with zero attached hydrogens (tertiary/aromatic N) is 1. The summed E-state index contributed by atoms with van der Waals surface area (Å²) in [6.45, 7) is 0.652. The van der Waals surface area contributed by atoms with Gasteiger partial charge in [-0.25, -0.2) is 9.59 Å². The van der Waals surface area contributed by atoms with Crippen molar-refractivity contribution in [3.05, 3.63) is 73.1 Å². The minimum absolute atomic E-state index is 0.110. The highest BCUT2D eigenvalue weighted by molar-refractivity contribution is 7.13. The molecule has 2 aliphatic rings. The van der Waals surface area contributed by atoms with Crippen molar-refractivity contribution in [3.8, 4) is 0 Å². The number of anilines is 1. The van der Waals surface area contributed by atoms with E-state index in [1.54, 1.807) is 11.4 Å². The standard InChI is InChI=1S/C24H24N2O3S2/c1-29-23(27)22-18(12-14-30-22)25-24(28)26-13-11-17-16-9-5-6-10-19(16)31-21(17)20(26)15-7-3-2-4-8-15/h2-4,7-8,12,14,20H,5-6,9-11,13H2,1H3,(H,25,28)/t20-/m0/s1. The lowest BCUT2D eigenvalue weighted by molar-refractivity contribution is 0.0607. The third-order valence-electron chi connectivity index (χ3n) is 6.13. The Morgan fingerprint density at radius 2 is 1.87 bits per heavy atom. The Balaban J connectivity index is 1.51. The van der Waals surface area contributed by atoms with Crippen molar-refractivity contribution < 1.29 is 14.3 Å².